The van der Waals surface area contributed by atoms with Crippen molar-refractivity contribution in [1.82, 2.24) is 5.32 Å². The summed E-state index contributed by atoms with van der Waals surface area (Å²) in [6.45, 7) is 10.9. The number of rotatable bonds is 4. The van der Waals surface area contributed by atoms with Crippen LogP contribution in [0.15, 0.2) is 6.07 Å². The molecule has 2 nitrogen and oxygen atoms in total. The second kappa shape index (κ2) is 6.18. The molecule has 1 aliphatic rings. The van der Waals surface area contributed by atoms with Crippen molar-refractivity contribution in [2.75, 3.05) is 13.2 Å². The highest BCUT2D eigenvalue weighted by atomic mass is 32.1. The number of ether oxygens (including phenoxy) is 1. The molecule has 1 N–H and O–H groups in total. The summed E-state index contributed by atoms with van der Waals surface area (Å²) in [6.07, 6.45) is 2.29. The zero-order valence-electron chi connectivity index (χ0n) is 12.0. The Hall–Kier alpha value is -0.380. The van der Waals surface area contributed by atoms with E-state index in [1.165, 1.54) is 15.3 Å². The Bertz CT molecular complexity index is 380. The Balaban J connectivity index is 2.10. The third kappa shape index (κ3) is 3.34. The first-order valence-electron chi connectivity index (χ1n) is 6.98. The molecule has 0 spiro atoms. The lowest BCUT2D eigenvalue weighted by Crippen LogP contribution is -2.39. The molecule has 1 aromatic heterocycles. The fourth-order valence-electron chi connectivity index (χ4n) is 2.72. The summed E-state index contributed by atoms with van der Waals surface area (Å²) in [6, 6.07) is 3.46. The van der Waals surface area contributed by atoms with Crippen LogP contribution in [0.3, 0.4) is 0 Å². The van der Waals surface area contributed by atoms with E-state index in [2.05, 4.69) is 39.1 Å². The van der Waals surface area contributed by atoms with E-state index in [0.29, 0.717) is 18.0 Å². The molecule has 102 valence electrons. The zero-order valence-corrected chi connectivity index (χ0v) is 12.8. The molecular weight excluding hydrogens is 242 g/mol. The predicted octanol–water partition coefficient (Wildman–Crippen LogP) is 3.83. The fourth-order valence-corrected chi connectivity index (χ4v) is 3.69. The predicted molar refractivity (Wildman–Crippen MR) is 78.3 cm³/mol. The molecule has 2 rings (SSSR count). The molecule has 1 aromatic rings. The van der Waals surface area contributed by atoms with Crippen LogP contribution in [-0.2, 0) is 4.74 Å². The lowest BCUT2D eigenvalue weighted by atomic mass is 9.94. The Morgan fingerprint density at radius 2 is 1.94 bits per heavy atom. The summed E-state index contributed by atoms with van der Waals surface area (Å²) in [4.78, 5) is 2.88. The quantitative estimate of drug-likeness (QED) is 0.895. The molecule has 18 heavy (non-hydrogen) atoms. The van der Waals surface area contributed by atoms with E-state index in [4.69, 9.17) is 4.74 Å². The zero-order chi connectivity index (χ0) is 13.1. The SMILES string of the molecule is Cc1cc([C@H](NC2CCOCC2)C(C)C)c(C)s1. The Morgan fingerprint density at radius 1 is 1.28 bits per heavy atom. The van der Waals surface area contributed by atoms with Gasteiger partial charge in [0, 0.05) is 35.1 Å². The van der Waals surface area contributed by atoms with Gasteiger partial charge in [-0.2, -0.15) is 0 Å². The summed E-state index contributed by atoms with van der Waals surface area (Å²) in [7, 11) is 0. The molecule has 0 bridgehead atoms. The van der Waals surface area contributed by atoms with Crippen molar-refractivity contribution in [1.29, 1.82) is 0 Å². The highest BCUT2D eigenvalue weighted by Crippen LogP contribution is 2.31. The third-order valence-corrected chi connectivity index (χ3v) is 4.70. The number of aryl methyl sites for hydroxylation is 2. The van der Waals surface area contributed by atoms with Crippen LogP contribution in [0.2, 0.25) is 0 Å². The Morgan fingerprint density at radius 3 is 2.44 bits per heavy atom. The van der Waals surface area contributed by atoms with Gasteiger partial charge in [0.15, 0.2) is 0 Å². The van der Waals surface area contributed by atoms with Crippen LogP contribution in [0.25, 0.3) is 0 Å². The molecule has 0 saturated carbocycles. The van der Waals surface area contributed by atoms with Gasteiger partial charge in [-0.25, -0.2) is 0 Å². The number of thiophene rings is 1. The molecular formula is C15H25NOS. The summed E-state index contributed by atoms with van der Waals surface area (Å²) in [5.41, 5.74) is 1.50. The van der Waals surface area contributed by atoms with Gasteiger partial charge in [0.05, 0.1) is 0 Å². The smallest absolute Gasteiger partial charge is 0.0480 e. The minimum atomic E-state index is 0.484. The first-order valence-corrected chi connectivity index (χ1v) is 7.80. The van der Waals surface area contributed by atoms with Gasteiger partial charge in [0.2, 0.25) is 0 Å². The maximum atomic E-state index is 5.44. The third-order valence-electron chi connectivity index (χ3n) is 3.72. The molecule has 2 heterocycles. The van der Waals surface area contributed by atoms with Crippen molar-refractivity contribution in [3.05, 3.63) is 21.4 Å². The normalized spacial score (nSPS) is 19.4. The Kier molecular flexibility index (Phi) is 4.82. The van der Waals surface area contributed by atoms with Gasteiger partial charge in [-0.1, -0.05) is 13.8 Å². The van der Waals surface area contributed by atoms with E-state index in [0.717, 1.165) is 26.1 Å². The van der Waals surface area contributed by atoms with Gasteiger partial charge >= 0.3 is 0 Å². The van der Waals surface area contributed by atoms with Crippen molar-refractivity contribution in [3.63, 3.8) is 0 Å². The van der Waals surface area contributed by atoms with Crippen molar-refractivity contribution in [2.45, 2.75) is 52.6 Å². The van der Waals surface area contributed by atoms with Gasteiger partial charge in [-0.3, -0.25) is 0 Å². The topological polar surface area (TPSA) is 21.3 Å². The summed E-state index contributed by atoms with van der Waals surface area (Å²) >= 11 is 1.91. The van der Waals surface area contributed by atoms with Crippen LogP contribution in [0, 0.1) is 19.8 Å². The van der Waals surface area contributed by atoms with Crippen molar-refractivity contribution in [2.24, 2.45) is 5.92 Å². The lowest BCUT2D eigenvalue weighted by Gasteiger charge is -2.31. The minimum absolute atomic E-state index is 0.484. The fraction of sp³-hybridized carbons (Fsp3) is 0.733. The first kappa shape index (κ1) is 14.0. The molecule has 0 aromatic carbocycles. The van der Waals surface area contributed by atoms with E-state index in [1.807, 2.05) is 11.3 Å². The van der Waals surface area contributed by atoms with E-state index >= 15 is 0 Å². The van der Waals surface area contributed by atoms with E-state index < -0.39 is 0 Å². The van der Waals surface area contributed by atoms with E-state index in [1.54, 1.807) is 0 Å². The van der Waals surface area contributed by atoms with Crippen molar-refractivity contribution < 1.29 is 4.74 Å². The number of hydrogen-bond donors (Lipinski definition) is 1. The maximum absolute atomic E-state index is 5.44. The van der Waals surface area contributed by atoms with Crippen LogP contribution in [0.4, 0.5) is 0 Å². The van der Waals surface area contributed by atoms with Gasteiger partial charge in [0.1, 0.15) is 0 Å². The monoisotopic (exact) mass is 267 g/mol. The molecule has 0 aliphatic carbocycles. The summed E-state index contributed by atoms with van der Waals surface area (Å²) in [5.74, 6) is 0.626. The van der Waals surface area contributed by atoms with Crippen LogP contribution in [0.1, 0.15) is 48.0 Å². The van der Waals surface area contributed by atoms with Gasteiger partial charge in [0.25, 0.3) is 0 Å². The molecule has 3 heteroatoms. The summed E-state index contributed by atoms with van der Waals surface area (Å²) < 4.78 is 5.44. The molecule has 0 radical (unpaired) electrons. The van der Waals surface area contributed by atoms with Gasteiger partial charge < -0.3 is 10.1 Å². The van der Waals surface area contributed by atoms with Gasteiger partial charge in [-0.05, 0) is 44.2 Å². The summed E-state index contributed by atoms with van der Waals surface area (Å²) in [5, 5.41) is 3.85. The maximum Gasteiger partial charge on any atom is 0.0480 e. The first-order chi connectivity index (χ1) is 8.58. The standard InChI is InChI=1S/C15H25NOS/c1-10(2)15(14-9-11(3)18-12(14)4)16-13-5-7-17-8-6-13/h9-10,13,15-16H,5-8H2,1-4H3/t15-/m1/s1. The van der Waals surface area contributed by atoms with Crippen LogP contribution < -0.4 is 5.32 Å². The average Bonchev–Trinajstić information content (AvgIpc) is 2.66. The van der Waals surface area contributed by atoms with Crippen molar-refractivity contribution >= 4 is 11.3 Å². The molecule has 1 atom stereocenters. The number of nitrogens with one attached hydrogen (secondary N) is 1. The van der Waals surface area contributed by atoms with Crippen molar-refractivity contribution in [3.8, 4) is 0 Å². The van der Waals surface area contributed by atoms with E-state index in [9.17, 15) is 0 Å². The molecule has 0 amide bonds. The second-order valence-corrected chi connectivity index (χ2v) is 7.10. The van der Waals surface area contributed by atoms with Crippen LogP contribution in [0.5, 0.6) is 0 Å². The second-order valence-electron chi connectivity index (χ2n) is 5.64. The molecule has 1 fully saturated rings. The van der Waals surface area contributed by atoms with Crippen LogP contribution in [-0.4, -0.2) is 19.3 Å². The van der Waals surface area contributed by atoms with Gasteiger partial charge in [-0.15, -0.1) is 11.3 Å². The molecule has 0 unspecified atom stereocenters. The largest absolute Gasteiger partial charge is 0.381 e. The average molecular weight is 267 g/mol. The highest BCUT2D eigenvalue weighted by Gasteiger charge is 2.23. The Labute approximate surface area is 115 Å². The van der Waals surface area contributed by atoms with E-state index in [-0.39, 0.29) is 0 Å². The molecule has 1 saturated heterocycles. The lowest BCUT2D eigenvalue weighted by molar-refractivity contribution is 0.0728. The minimum Gasteiger partial charge on any atom is -0.381 e. The van der Waals surface area contributed by atoms with Crippen LogP contribution >= 0.6 is 11.3 Å². The highest BCUT2D eigenvalue weighted by molar-refractivity contribution is 7.12. The molecule has 1 aliphatic heterocycles. The number of hydrogen-bond acceptors (Lipinski definition) is 3.